The van der Waals surface area contributed by atoms with Crippen LogP contribution < -0.4 is 4.74 Å². The zero-order valence-corrected chi connectivity index (χ0v) is 11.6. The van der Waals surface area contributed by atoms with Gasteiger partial charge in [-0.25, -0.2) is 0 Å². The summed E-state index contributed by atoms with van der Waals surface area (Å²) < 4.78 is 5.38. The summed E-state index contributed by atoms with van der Waals surface area (Å²) >= 11 is 0. The third kappa shape index (κ3) is 1.76. The fraction of sp³-hybridized carbons (Fsp3) is 0.471. The molecule has 0 saturated heterocycles. The van der Waals surface area contributed by atoms with Crippen molar-refractivity contribution in [2.24, 2.45) is 0 Å². The molecule has 2 heteroatoms. The molecule has 1 aromatic rings. The predicted octanol–water partition coefficient (Wildman–Crippen LogP) is 3.90. The van der Waals surface area contributed by atoms with Crippen LogP contribution in [0.4, 0.5) is 0 Å². The van der Waals surface area contributed by atoms with Gasteiger partial charge < -0.3 is 4.74 Å². The Morgan fingerprint density at radius 3 is 2.84 bits per heavy atom. The number of benzene rings is 1. The van der Waals surface area contributed by atoms with E-state index in [0.29, 0.717) is 0 Å². The van der Waals surface area contributed by atoms with E-state index in [9.17, 15) is 5.26 Å². The highest BCUT2D eigenvalue weighted by atomic mass is 16.5. The van der Waals surface area contributed by atoms with Crippen molar-refractivity contribution < 1.29 is 4.74 Å². The first-order valence-electron chi connectivity index (χ1n) is 6.99. The molecule has 3 rings (SSSR count). The van der Waals surface area contributed by atoms with E-state index in [1.54, 1.807) is 7.11 Å². The predicted molar refractivity (Wildman–Crippen MR) is 75.2 cm³/mol. The Kier molecular flexibility index (Phi) is 2.86. The number of aryl methyl sites for hydroxylation is 1. The van der Waals surface area contributed by atoms with Crippen LogP contribution in [0, 0.1) is 11.3 Å². The molecule has 0 fully saturated rings. The number of rotatable bonds is 1. The molecule has 0 amide bonds. The molecule has 0 bridgehead atoms. The Bertz CT molecular complexity index is 594. The second-order valence-electron chi connectivity index (χ2n) is 5.78. The second kappa shape index (κ2) is 4.42. The highest BCUT2D eigenvalue weighted by Gasteiger charge is 2.39. The fourth-order valence-corrected chi connectivity index (χ4v) is 3.77. The number of hydrogen-bond acceptors (Lipinski definition) is 2. The van der Waals surface area contributed by atoms with Crippen LogP contribution in [0.3, 0.4) is 0 Å². The van der Waals surface area contributed by atoms with Crippen molar-refractivity contribution in [3.05, 3.63) is 40.5 Å². The van der Waals surface area contributed by atoms with E-state index in [1.165, 1.54) is 16.7 Å². The third-order valence-electron chi connectivity index (χ3n) is 4.82. The van der Waals surface area contributed by atoms with Gasteiger partial charge in [-0.1, -0.05) is 13.0 Å². The molecule has 2 nitrogen and oxygen atoms in total. The van der Waals surface area contributed by atoms with Gasteiger partial charge >= 0.3 is 0 Å². The van der Waals surface area contributed by atoms with Crippen molar-refractivity contribution in [3.63, 3.8) is 0 Å². The van der Waals surface area contributed by atoms with Gasteiger partial charge in [0.1, 0.15) is 5.75 Å². The molecule has 2 aliphatic carbocycles. The Morgan fingerprint density at radius 2 is 2.11 bits per heavy atom. The summed E-state index contributed by atoms with van der Waals surface area (Å²) in [6.45, 7) is 2.30. The van der Waals surface area contributed by atoms with Crippen LogP contribution in [0.1, 0.15) is 43.7 Å². The van der Waals surface area contributed by atoms with E-state index in [2.05, 4.69) is 25.1 Å². The lowest BCUT2D eigenvalue weighted by atomic mass is 9.61. The molecule has 0 radical (unpaired) electrons. The molecule has 0 heterocycles. The zero-order chi connectivity index (χ0) is 13.5. The normalized spacial score (nSPS) is 25.3. The molecular weight excluding hydrogens is 234 g/mol. The Hall–Kier alpha value is -1.75. The maximum atomic E-state index is 9.36. The lowest BCUT2D eigenvalue weighted by Crippen LogP contribution is -2.33. The first-order valence-corrected chi connectivity index (χ1v) is 6.99. The Labute approximate surface area is 114 Å². The number of nitriles is 1. The SMILES string of the molecule is COc1ccc2c(c1)[C@@]1(C)CCCC(C#N)=C1CC2. The molecule has 1 atom stereocenters. The van der Waals surface area contributed by atoms with Crippen LogP contribution >= 0.6 is 0 Å². The van der Waals surface area contributed by atoms with Gasteiger partial charge in [-0.05, 0) is 60.9 Å². The summed E-state index contributed by atoms with van der Waals surface area (Å²) in [5, 5.41) is 9.36. The average Bonchev–Trinajstić information content (AvgIpc) is 2.45. The number of allylic oxidation sites excluding steroid dienone is 2. The van der Waals surface area contributed by atoms with E-state index in [-0.39, 0.29) is 5.41 Å². The summed E-state index contributed by atoms with van der Waals surface area (Å²) in [5.41, 5.74) is 5.25. The zero-order valence-electron chi connectivity index (χ0n) is 11.6. The van der Waals surface area contributed by atoms with Crippen LogP contribution in [0.5, 0.6) is 5.75 Å². The van der Waals surface area contributed by atoms with E-state index < -0.39 is 0 Å². The van der Waals surface area contributed by atoms with Crippen molar-refractivity contribution in [3.8, 4) is 11.8 Å². The quantitative estimate of drug-likeness (QED) is 0.760. The van der Waals surface area contributed by atoms with Crippen molar-refractivity contribution in [2.75, 3.05) is 7.11 Å². The largest absolute Gasteiger partial charge is 0.497 e. The van der Waals surface area contributed by atoms with Gasteiger partial charge in [0.2, 0.25) is 0 Å². The molecule has 0 aliphatic heterocycles. The summed E-state index contributed by atoms with van der Waals surface area (Å²) in [7, 11) is 1.71. The lowest BCUT2D eigenvalue weighted by Gasteiger charge is -2.42. The first-order chi connectivity index (χ1) is 9.19. The van der Waals surface area contributed by atoms with Gasteiger partial charge in [-0.15, -0.1) is 0 Å². The molecular formula is C17H19NO. The van der Waals surface area contributed by atoms with Crippen molar-refractivity contribution >= 4 is 0 Å². The van der Waals surface area contributed by atoms with Crippen molar-refractivity contribution in [2.45, 2.75) is 44.4 Å². The van der Waals surface area contributed by atoms with Gasteiger partial charge in [-0.3, -0.25) is 0 Å². The van der Waals surface area contributed by atoms with Crippen LogP contribution in [0.2, 0.25) is 0 Å². The Balaban J connectivity index is 2.20. The third-order valence-corrected chi connectivity index (χ3v) is 4.82. The molecule has 19 heavy (non-hydrogen) atoms. The molecule has 0 spiro atoms. The molecule has 0 N–H and O–H groups in total. The molecule has 98 valence electrons. The standard InChI is InChI=1S/C17H19NO/c1-17-9-3-4-13(11-18)15(17)8-6-12-5-7-14(19-2)10-16(12)17/h5,7,10H,3-4,6,8-9H2,1-2H3/t17-/m0/s1. The molecule has 0 unspecified atom stereocenters. The molecule has 2 aliphatic rings. The summed E-state index contributed by atoms with van der Waals surface area (Å²) in [5.74, 6) is 0.922. The number of fused-ring (bicyclic) bond motifs is 3. The number of nitrogens with zero attached hydrogens (tertiary/aromatic N) is 1. The van der Waals surface area contributed by atoms with Crippen LogP contribution in [-0.2, 0) is 11.8 Å². The molecule has 0 aromatic heterocycles. The van der Waals surface area contributed by atoms with Crippen molar-refractivity contribution in [1.29, 1.82) is 5.26 Å². The highest BCUT2D eigenvalue weighted by molar-refractivity contribution is 5.52. The van der Waals surface area contributed by atoms with E-state index in [4.69, 9.17) is 4.74 Å². The highest BCUT2D eigenvalue weighted by Crippen LogP contribution is 2.49. The topological polar surface area (TPSA) is 33.0 Å². The van der Waals surface area contributed by atoms with Crippen molar-refractivity contribution in [1.82, 2.24) is 0 Å². The summed E-state index contributed by atoms with van der Waals surface area (Å²) in [4.78, 5) is 0. The van der Waals surface area contributed by atoms with Crippen LogP contribution in [0.15, 0.2) is 29.3 Å². The second-order valence-corrected chi connectivity index (χ2v) is 5.78. The van der Waals surface area contributed by atoms with Gasteiger partial charge in [0.05, 0.1) is 13.2 Å². The minimum Gasteiger partial charge on any atom is -0.497 e. The van der Waals surface area contributed by atoms with E-state index >= 15 is 0 Å². The minimum atomic E-state index is 0.0471. The first kappa shape index (κ1) is 12.3. The summed E-state index contributed by atoms with van der Waals surface area (Å²) in [6, 6.07) is 8.85. The van der Waals surface area contributed by atoms with E-state index in [0.717, 1.165) is 43.4 Å². The van der Waals surface area contributed by atoms with Gasteiger partial charge in [0.15, 0.2) is 0 Å². The maximum absolute atomic E-state index is 9.36. The number of hydrogen-bond donors (Lipinski definition) is 0. The van der Waals surface area contributed by atoms with Gasteiger partial charge in [0, 0.05) is 11.0 Å². The monoisotopic (exact) mass is 253 g/mol. The smallest absolute Gasteiger partial charge is 0.119 e. The minimum absolute atomic E-state index is 0.0471. The number of methoxy groups -OCH3 is 1. The lowest BCUT2D eigenvalue weighted by molar-refractivity contribution is 0.401. The maximum Gasteiger partial charge on any atom is 0.119 e. The van der Waals surface area contributed by atoms with Crippen LogP contribution in [-0.4, -0.2) is 7.11 Å². The fourth-order valence-electron chi connectivity index (χ4n) is 3.77. The average molecular weight is 253 g/mol. The molecule has 0 saturated carbocycles. The van der Waals surface area contributed by atoms with Crippen LogP contribution in [0.25, 0.3) is 0 Å². The van der Waals surface area contributed by atoms with Gasteiger partial charge in [-0.2, -0.15) is 5.26 Å². The Morgan fingerprint density at radius 1 is 1.26 bits per heavy atom. The van der Waals surface area contributed by atoms with E-state index in [1.807, 2.05) is 6.07 Å². The molecule has 1 aromatic carbocycles. The summed E-state index contributed by atoms with van der Waals surface area (Å²) in [6.07, 6.45) is 5.31. The number of ether oxygens (including phenoxy) is 1. The van der Waals surface area contributed by atoms with Gasteiger partial charge in [0.25, 0.3) is 0 Å².